The Hall–Kier alpha value is -1.10. The zero-order valence-electron chi connectivity index (χ0n) is 17.7. The zero-order valence-corrected chi connectivity index (χ0v) is 18.5. The van der Waals surface area contributed by atoms with Crippen LogP contribution in [0.25, 0.3) is 0 Å². The van der Waals surface area contributed by atoms with Crippen molar-refractivity contribution < 1.29 is 4.79 Å². The Labute approximate surface area is 181 Å². The summed E-state index contributed by atoms with van der Waals surface area (Å²) in [6, 6.07) is 9.21. The largest absolute Gasteiger partial charge is 0.354 e. The molecule has 29 heavy (non-hydrogen) atoms. The van der Waals surface area contributed by atoms with Crippen molar-refractivity contribution in [2.75, 3.05) is 39.3 Å². The van der Waals surface area contributed by atoms with E-state index in [4.69, 9.17) is 0 Å². The van der Waals surface area contributed by atoms with E-state index in [0.29, 0.717) is 5.91 Å². The Kier molecular flexibility index (Phi) is 5.98. The Morgan fingerprint density at radius 1 is 1.10 bits per heavy atom. The maximum atomic E-state index is 13.4. The molecule has 5 aliphatic rings. The average Bonchev–Trinajstić information content (AvgIpc) is 2.68. The van der Waals surface area contributed by atoms with E-state index in [1.54, 1.807) is 0 Å². The molecule has 0 radical (unpaired) electrons. The molecular formula is C24H36ClN3O. The van der Waals surface area contributed by atoms with Gasteiger partial charge in [-0.15, -0.1) is 12.4 Å². The lowest BCUT2D eigenvalue weighted by atomic mass is 9.42. The van der Waals surface area contributed by atoms with Crippen LogP contribution in [0.15, 0.2) is 24.3 Å². The summed E-state index contributed by atoms with van der Waals surface area (Å²) in [5.41, 5.74) is 2.95. The highest BCUT2D eigenvalue weighted by molar-refractivity contribution is 5.85. The van der Waals surface area contributed by atoms with Gasteiger partial charge in [0, 0.05) is 39.3 Å². The van der Waals surface area contributed by atoms with Gasteiger partial charge in [0.2, 0.25) is 5.91 Å². The molecule has 0 aromatic heterocycles. The maximum absolute atomic E-state index is 13.4. The summed E-state index contributed by atoms with van der Waals surface area (Å²) in [7, 11) is 0. The molecule has 2 unspecified atom stereocenters. The van der Waals surface area contributed by atoms with Crippen LogP contribution < -0.4 is 10.6 Å². The molecule has 5 heteroatoms. The number of piperazine rings is 1. The van der Waals surface area contributed by atoms with Gasteiger partial charge in [-0.2, -0.15) is 0 Å². The van der Waals surface area contributed by atoms with Crippen molar-refractivity contribution in [3.8, 4) is 0 Å². The number of benzene rings is 1. The van der Waals surface area contributed by atoms with Gasteiger partial charge in [0.1, 0.15) is 0 Å². The van der Waals surface area contributed by atoms with Crippen molar-refractivity contribution in [1.29, 1.82) is 0 Å². The molecule has 4 aliphatic carbocycles. The van der Waals surface area contributed by atoms with Gasteiger partial charge in [0.05, 0.1) is 5.41 Å². The topological polar surface area (TPSA) is 44.4 Å². The van der Waals surface area contributed by atoms with Crippen LogP contribution in [0.4, 0.5) is 0 Å². The standard InChI is InChI=1S/C24H35N3O.ClH/c1-18-2-4-21(5-3-18)23-13-19-12-20(14-23)16-24(15-19,17-23)22(28)26-8-11-27-9-6-25-7-10-27;/h2-5,19-20,25H,6-17H2,1H3,(H,26,28);1H. The van der Waals surface area contributed by atoms with Gasteiger partial charge in [-0.3, -0.25) is 9.69 Å². The highest BCUT2D eigenvalue weighted by Crippen LogP contribution is 2.65. The quantitative estimate of drug-likeness (QED) is 0.772. The Morgan fingerprint density at radius 3 is 2.41 bits per heavy atom. The monoisotopic (exact) mass is 417 g/mol. The second-order valence-corrected chi connectivity index (χ2v) is 10.2. The number of hydrogen-bond donors (Lipinski definition) is 2. The average molecular weight is 418 g/mol. The summed E-state index contributed by atoms with van der Waals surface area (Å²) >= 11 is 0. The predicted octanol–water partition coefficient (Wildman–Crippen LogP) is 3.28. The lowest BCUT2D eigenvalue weighted by Gasteiger charge is -2.61. The first-order valence-electron chi connectivity index (χ1n) is 11.4. The van der Waals surface area contributed by atoms with Gasteiger partial charge in [-0.1, -0.05) is 29.8 Å². The fraction of sp³-hybridized carbons (Fsp3) is 0.708. The number of hydrogen-bond acceptors (Lipinski definition) is 3. The molecule has 1 aromatic carbocycles. The number of nitrogens with zero attached hydrogens (tertiary/aromatic N) is 1. The van der Waals surface area contributed by atoms with Crippen LogP contribution in [0.1, 0.15) is 49.7 Å². The van der Waals surface area contributed by atoms with Crippen molar-refractivity contribution in [1.82, 2.24) is 15.5 Å². The Morgan fingerprint density at radius 2 is 1.76 bits per heavy atom. The maximum Gasteiger partial charge on any atom is 0.226 e. The number of halogens is 1. The lowest BCUT2D eigenvalue weighted by molar-refractivity contribution is -0.149. The molecule has 160 valence electrons. The lowest BCUT2D eigenvalue weighted by Crippen LogP contribution is -2.59. The molecule has 4 nitrogen and oxygen atoms in total. The van der Waals surface area contributed by atoms with Crippen LogP contribution >= 0.6 is 12.4 Å². The third-order valence-corrected chi connectivity index (χ3v) is 8.13. The fourth-order valence-corrected chi connectivity index (χ4v) is 7.22. The van der Waals surface area contributed by atoms with Crippen molar-refractivity contribution in [2.45, 2.75) is 50.9 Å². The van der Waals surface area contributed by atoms with E-state index in [1.807, 2.05) is 0 Å². The SMILES string of the molecule is Cc1ccc(C23CC4CC(CC(C(=O)NCCN5CCNCC5)(C4)C2)C3)cc1.Cl. The Bertz CT molecular complexity index is 714. The van der Waals surface area contributed by atoms with Crippen LogP contribution in [0, 0.1) is 24.2 Å². The Balaban J connectivity index is 0.00000205. The second-order valence-electron chi connectivity index (χ2n) is 10.2. The number of nitrogens with one attached hydrogen (secondary N) is 2. The number of carbonyl (C=O) groups is 1. The molecule has 5 fully saturated rings. The molecule has 1 heterocycles. The van der Waals surface area contributed by atoms with E-state index in [0.717, 1.165) is 70.4 Å². The van der Waals surface area contributed by atoms with Crippen molar-refractivity contribution in [2.24, 2.45) is 17.3 Å². The van der Waals surface area contributed by atoms with E-state index in [1.165, 1.54) is 30.4 Å². The van der Waals surface area contributed by atoms with E-state index < -0.39 is 0 Å². The summed E-state index contributed by atoms with van der Waals surface area (Å²) in [5.74, 6) is 1.83. The van der Waals surface area contributed by atoms with E-state index in [9.17, 15) is 4.79 Å². The molecular weight excluding hydrogens is 382 g/mol. The summed E-state index contributed by atoms with van der Waals surface area (Å²) < 4.78 is 0. The molecule has 4 saturated carbocycles. The summed E-state index contributed by atoms with van der Waals surface area (Å²) in [6.07, 6.45) is 7.25. The van der Waals surface area contributed by atoms with Crippen molar-refractivity contribution in [3.63, 3.8) is 0 Å². The minimum absolute atomic E-state index is 0. The number of aryl methyl sites for hydroxylation is 1. The third kappa shape index (κ3) is 3.96. The number of amides is 1. The summed E-state index contributed by atoms with van der Waals surface area (Å²) in [6.45, 7) is 8.29. The molecule has 1 aromatic rings. The third-order valence-electron chi connectivity index (χ3n) is 8.13. The first-order chi connectivity index (χ1) is 13.6. The summed E-state index contributed by atoms with van der Waals surface area (Å²) in [4.78, 5) is 15.9. The van der Waals surface area contributed by atoms with E-state index >= 15 is 0 Å². The highest BCUT2D eigenvalue weighted by Gasteiger charge is 2.60. The normalized spacial score (nSPS) is 35.9. The molecule has 4 bridgehead atoms. The van der Waals surface area contributed by atoms with Crippen LogP contribution in [-0.4, -0.2) is 50.1 Å². The summed E-state index contributed by atoms with van der Waals surface area (Å²) in [5, 5.41) is 6.76. The number of rotatable bonds is 5. The van der Waals surface area contributed by atoms with Gasteiger partial charge >= 0.3 is 0 Å². The van der Waals surface area contributed by atoms with Crippen LogP contribution in [0.2, 0.25) is 0 Å². The molecule has 2 atom stereocenters. The van der Waals surface area contributed by atoms with Crippen LogP contribution in [-0.2, 0) is 10.2 Å². The first kappa shape index (κ1) is 21.1. The molecule has 1 saturated heterocycles. The molecule has 1 aliphatic heterocycles. The smallest absolute Gasteiger partial charge is 0.226 e. The van der Waals surface area contributed by atoms with Crippen LogP contribution in [0.5, 0.6) is 0 Å². The van der Waals surface area contributed by atoms with E-state index in [-0.39, 0.29) is 23.2 Å². The first-order valence-corrected chi connectivity index (χ1v) is 11.4. The van der Waals surface area contributed by atoms with Crippen molar-refractivity contribution in [3.05, 3.63) is 35.4 Å². The second kappa shape index (κ2) is 8.20. The van der Waals surface area contributed by atoms with Gasteiger partial charge in [-0.05, 0) is 68.3 Å². The van der Waals surface area contributed by atoms with Gasteiger partial charge in [0.15, 0.2) is 0 Å². The predicted molar refractivity (Wildman–Crippen MR) is 120 cm³/mol. The number of carbonyl (C=O) groups excluding carboxylic acids is 1. The molecule has 2 N–H and O–H groups in total. The molecule has 1 amide bonds. The minimum atomic E-state index is -0.113. The van der Waals surface area contributed by atoms with Gasteiger partial charge < -0.3 is 10.6 Å². The highest BCUT2D eigenvalue weighted by atomic mass is 35.5. The van der Waals surface area contributed by atoms with Gasteiger partial charge in [-0.25, -0.2) is 0 Å². The fourth-order valence-electron chi connectivity index (χ4n) is 7.22. The van der Waals surface area contributed by atoms with E-state index in [2.05, 4.69) is 46.7 Å². The molecule has 6 rings (SSSR count). The molecule has 0 spiro atoms. The van der Waals surface area contributed by atoms with Gasteiger partial charge in [0.25, 0.3) is 0 Å². The minimum Gasteiger partial charge on any atom is -0.354 e. The zero-order chi connectivity index (χ0) is 19.2. The van der Waals surface area contributed by atoms with Crippen LogP contribution in [0.3, 0.4) is 0 Å². The van der Waals surface area contributed by atoms with Crippen molar-refractivity contribution >= 4 is 18.3 Å².